The van der Waals surface area contributed by atoms with Gasteiger partial charge in [0.1, 0.15) is 5.82 Å². The predicted molar refractivity (Wildman–Crippen MR) is 74.3 cm³/mol. The van der Waals surface area contributed by atoms with E-state index in [-0.39, 0.29) is 11.5 Å². The Hall–Kier alpha value is -1.09. The zero-order valence-electron chi connectivity index (χ0n) is 11.5. The van der Waals surface area contributed by atoms with E-state index < -0.39 is 0 Å². The van der Waals surface area contributed by atoms with Crippen molar-refractivity contribution in [1.29, 1.82) is 0 Å². The maximum absolute atomic E-state index is 5.94. The average Bonchev–Trinajstić information content (AvgIpc) is 2.26. The Labute approximate surface area is 105 Å². The molecule has 0 aliphatic rings. The summed E-state index contributed by atoms with van der Waals surface area (Å²) < 4.78 is 0. The molecule has 3 nitrogen and oxygen atoms in total. The van der Waals surface area contributed by atoms with Crippen LogP contribution in [-0.4, -0.2) is 17.6 Å². The maximum atomic E-state index is 5.94. The second kappa shape index (κ2) is 6.01. The number of anilines is 1. The third-order valence-corrected chi connectivity index (χ3v) is 2.83. The topological polar surface area (TPSA) is 50.9 Å². The van der Waals surface area contributed by atoms with E-state index in [9.17, 15) is 0 Å². The summed E-state index contributed by atoms with van der Waals surface area (Å²) in [4.78, 5) is 4.41. The highest BCUT2D eigenvalue weighted by Gasteiger charge is 2.13. The third-order valence-electron chi connectivity index (χ3n) is 2.83. The Morgan fingerprint density at radius 3 is 2.53 bits per heavy atom. The lowest BCUT2D eigenvalue weighted by molar-refractivity contribution is 0.587. The Bertz CT molecular complexity index is 324. The van der Waals surface area contributed by atoms with Crippen molar-refractivity contribution in [1.82, 2.24) is 4.98 Å². The molecule has 0 fully saturated rings. The Morgan fingerprint density at radius 1 is 1.35 bits per heavy atom. The molecule has 0 aromatic carbocycles. The van der Waals surface area contributed by atoms with Crippen LogP contribution in [0.1, 0.15) is 46.1 Å². The fourth-order valence-electron chi connectivity index (χ4n) is 1.65. The lowest BCUT2D eigenvalue weighted by Crippen LogP contribution is -2.29. The molecule has 0 aliphatic heterocycles. The number of hydrogen-bond donors (Lipinski definition) is 2. The van der Waals surface area contributed by atoms with Crippen molar-refractivity contribution in [2.45, 2.75) is 52.0 Å². The van der Waals surface area contributed by atoms with Crippen molar-refractivity contribution in [3.8, 4) is 0 Å². The van der Waals surface area contributed by atoms with Crippen LogP contribution in [-0.2, 0) is 5.41 Å². The first kappa shape index (κ1) is 14.0. The molecule has 3 N–H and O–H groups in total. The van der Waals surface area contributed by atoms with Crippen molar-refractivity contribution in [3.05, 3.63) is 23.9 Å². The molecule has 3 heteroatoms. The molecule has 1 aromatic heterocycles. The van der Waals surface area contributed by atoms with Crippen molar-refractivity contribution in [2.24, 2.45) is 5.73 Å². The molecule has 17 heavy (non-hydrogen) atoms. The number of nitrogens with two attached hydrogens (primary N) is 1. The van der Waals surface area contributed by atoms with Crippen LogP contribution in [0.25, 0.3) is 0 Å². The molecule has 0 radical (unpaired) electrons. The minimum Gasteiger partial charge on any atom is -0.369 e. The van der Waals surface area contributed by atoms with E-state index in [1.165, 1.54) is 5.56 Å². The molecule has 0 saturated heterocycles. The van der Waals surface area contributed by atoms with Crippen LogP contribution < -0.4 is 11.1 Å². The highest BCUT2D eigenvalue weighted by molar-refractivity contribution is 5.37. The largest absolute Gasteiger partial charge is 0.369 e. The molecule has 1 rings (SSSR count). The lowest BCUT2D eigenvalue weighted by Gasteiger charge is -2.19. The van der Waals surface area contributed by atoms with E-state index in [1.807, 2.05) is 12.3 Å². The van der Waals surface area contributed by atoms with Crippen molar-refractivity contribution in [3.63, 3.8) is 0 Å². The summed E-state index contributed by atoms with van der Waals surface area (Å²) in [5.41, 5.74) is 7.35. The quantitative estimate of drug-likeness (QED) is 0.825. The Kier molecular flexibility index (Phi) is 4.94. The first-order valence-electron chi connectivity index (χ1n) is 6.39. The number of nitrogens with zero attached hydrogens (tertiary/aromatic N) is 1. The zero-order chi connectivity index (χ0) is 12.9. The van der Waals surface area contributed by atoms with Crippen molar-refractivity contribution < 1.29 is 0 Å². The molecular weight excluding hydrogens is 210 g/mol. The van der Waals surface area contributed by atoms with Gasteiger partial charge in [0.25, 0.3) is 0 Å². The minimum absolute atomic E-state index is 0.157. The van der Waals surface area contributed by atoms with Crippen LogP contribution in [0.2, 0.25) is 0 Å². The number of aromatic nitrogens is 1. The van der Waals surface area contributed by atoms with Crippen LogP contribution in [0.4, 0.5) is 5.82 Å². The third kappa shape index (κ3) is 4.73. The zero-order valence-corrected chi connectivity index (χ0v) is 11.5. The second-order valence-electron chi connectivity index (χ2n) is 5.61. The SMILES string of the molecule is CCCC(N)CNc1ccc(C(C)(C)C)cn1. The van der Waals surface area contributed by atoms with Gasteiger partial charge in [0.15, 0.2) is 0 Å². The molecule has 0 spiro atoms. The summed E-state index contributed by atoms with van der Waals surface area (Å²) in [5.74, 6) is 0.907. The normalized spacial score (nSPS) is 13.5. The molecular formula is C14H25N3. The van der Waals surface area contributed by atoms with Gasteiger partial charge >= 0.3 is 0 Å². The highest BCUT2D eigenvalue weighted by Crippen LogP contribution is 2.21. The van der Waals surface area contributed by atoms with E-state index in [1.54, 1.807) is 0 Å². The molecule has 1 heterocycles. The van der Waals surface area contributed by atoms with Crippen molar-refractivity contribution >= 4 is 5.82 Å². The Balaban J connectivity index is 2.51. The Morgan fingerprint density at radius 2 is 2.06 bits per heavy atom. The summed E-state index contributed by atoms with van der Waals surface area (Å²) in [7, 11) is 0. The maximum Gasteiger partial charge on any atom is 0.125 e. The molecule has 1 aromatic rings. The standard InChI is InChI=1S/C14H25N3/c1-5-6-12(15)10-17-13-8-7-11(9-16-13)14(2,3)4/h7-9,12H,5-6,10,15H2,1-4H3,(H,16,17). The second-order valence-corrected chi connectivity index (χ2v) is 5.61. The van der Waals surface area contributed by atoms with Gasteiger partial charge in [0, 0.05) is 18.8 Å². The summed E-state index contributed by atoms with van der Waals surface area (Å²) >= 11 is 0. The van der Waals surface area contributed by atoms with E-state index in [4.69, 9.17) is 5.73 Å². The van der Waals surface area contributed by atoms with Gasteiger partial charge in [-0.2, -0.15) is 0 Å². The van der Waals surface area contributed by atoms with Crippen LogP contribution in [0.3, 0.4) is 0 Å². The number of nitrogens with one attached hydrogen (secondary N) is 1. The fourth-order valence-corrected chi connectivity index (χ4v) is 1.65. The fraction of sp³-hybridized carbons (Fsp3) is 0.643. The van der Waals surface area contributed by atoms with E-state index in [0.717, 1.165) is 25.2 Å². The van der Waals surface area contributed by atoms with Crippen LogP contribution in [0.15, 0.2) is 18.3 Å². The average molecular weight is 235 g/mol. The molecule has 1 atom stereocenters. The van der Waals surface area contributed by atoms with E-state index >= 15 is 0 Å². The summed E-state index contributed by atoms with van der Waals surface area (Å²) in [5, 5.41) is 3.27. The number of rotatable bonds is 5. The number of hydrogen-bond acceptors (Lipinski definition) is 3. The van der Waals surface area contributed by atoms with Crippen LogP contribution >= 0.6 is 0 Å². The van der Waals surface area contributed by atoms with Gasteiger partial charge in [-0.15, -0.1) is 0 Å². The van der Waals surface area contributed by atoms with Crippen LogP contribution in [0, 0.1) is 0 Å². The number of pyridine rings is 1. The van der Waals surface area contributed by atoms with Crippen molar-refractivity contribution in [2.75, 3.05) is 11.9 Å². The van der Waals surface area contributed by atoms with Gasteiger partial charge in [-0.3, -0.25) is 0 Å². The summed E-state index contributed by atoms with van der Waals surface area (Å²) in [6.07, 6.45) is 4.11. The van der Waals surface area contributed by atoms with E-state index in [0.29, 0.717) is 0 Å². The molecule has 1 unspecified atom stereocenters. The molecule has 0 saturated carbocycles. The lowest BCUT2D eigenvalue weighted by atomic mass is 9.88. The first-order chi connectivity index (χ1) is 7.93. The first-order valence-corrected chi connectivity index (χ1v) is 6.39. The molecule has 96 valence electrons. The molecule has 0 aliphatic carbocycles. The smallest absolute Gasteiger partial charge is 0.125 e. The van der Waals surface area contributed by atoms with Gasteiger partial charge in [0.05, 0.1) is 0 Å². The minimum atomic E-state index is 0.157. The summed E-state index contributed by atoms with van der Waals surface area (Å²) in [6.45, 7) is 9.50. The van der Waals surface area contributed by atoms with Gasteiger partial charge < -0.3 is 11.1 Å². The molecule has 0 amide bonds. The van der Waals surface area contributed by atoms with Gasteiger partial charge in [-0.05, 0) is 23.5 Å². The van der Waals surface area contributed by atoms with Crippen LogP contribution in [0.5, 0.6) is 0 Å². The van der Waals surface area contributed by atoms with Gasteiger partial charge in [0.2, 0.25) is 0 Å². The monoisotopic (exact) mass is 235 g/mol. The predicted octanol–water partition coefficient (Wildman–Crippen LogP) is 2.92. The van der Waals surface area contributed by atoms with Gasteiger partial charge in [-0.25, -0.2) is 4.98 Å². The highest BCUT2D eigenvalue weighted by atomic mass is 15.0. The van der Waals surface area contributed by atoms with E-state index in [2.05, 4.69) is 44.1 Å². The summed E-state index contributed by atoms with van der Waals surface area (Å²) in [6, 6.07) is 4.36. The molecule has 0 bridgehead atoms. The van der Waals surface area contributed by atoms with Gasteiger partial charge in [-0.1, -0.05) is 40.2 Å².